The van der Waals surface area contributed by atoms with Gasteiger partial charge in [0.1, 0.15) is 5.84 Å². The van der Waals surface area contributed by atoms with Gasteiger partial charge in [-0.15, -0.1) is 0 Å². The van der Waals surface area contributed by atoms with Gasteiger partial charge in [-0.3, -0.25) is 10.1 Å². The van der Waals surface area contributed by atoms with Gasteiger partial charge in [0.2, 0.25) is 0 Å². The van der Waals surface area contributed by atoms with E-state index in [1.807, 2.05) is 0 Å². The molecule has 3 N–H and O–H groups in total. The van der Waals surface area contributed by atoms with Crippen molar-refractivity contribution in [2.24, 2.45) is 5.73 Å². The molecule has 4 nitrogen and oxygen atoms in total. The van der Waals surface area contributed by atoms with Crippen LogP contribution in [0.25, 0.3) is 0 Å². The molecule has 7 heteroatoms. The zero-order chi connectivity index (χ0) is 11.9. The molecule has 1 fully saturated rings. The summed E-state index contributed by atoms with van der Waals surface area (Å²) in [5.74, 6) is -0.0540. The Morgan fingerprint density at radius 1 is 1.56 bits per heavy atom. The van der Waals surface area contributed by atoms with E-state index in [2.05, 4.69) is 5.10 Å². The van der Waals surface area contributed by atoms with E-state index in [1.165, 1.54) is 4.68 Å². The largest absolute Gasteiger partial charge is 0.435 e. The average molecular weight is 232 g/mol. The van der Waals surface area contributed by atoms with Gasteiger partial charge in [-0.1, -0.05) is 0 Å². The van der Waals surface area contributed by atoms with Crippen molar-refractivity contribution in [2.45, 2.75) is 31.5 Å². The molecule has 1 aromatic rings. The van der Waals surface area contributed by atoms with Crippen molar-refractivity contribution in [1.29, 1.82) is 5.41 Å². The smallest absolute Gasteiger partial charge is 0.386 e. The van der Waals surface area contributed by atoms with Crippen molar-refractivity contribution in [1.82, 2.24) is 9.78 Å². The number of aromatic nitrogens is 2. The van der Waals surface area contributed by atoms with E-state index < -0.39 is 11.9 Å². The summed E-state index contributed by atoms with van der Waals surface area (Å²) in [6.07, 6.45) is -2.69. The molecule has 0 unspecified atom stereocenters. The molecular formula is C9H11F3N4. The Balaban J connectivity index is 2.34. The van der Waals surface area contributed by atoms with Crippen LogP contribution < -0.4 is 5.73 Å². The van der Waals surface area contributed by atoms with Gasteiger partial charge in [-0.2, -0.15) is 18.3 Å². The lowest BCUT2D eigenvalue weighted by atomic mass is 10.2. The summed E-state index contributed by atoms with van der Waals surface area (Å²) in [4.78, 5) is 0. The maximum Gasteiger partial charge on any atom is 0.435 e. The Morgan fingerprint density at radius 3 is 2.62 bits per heavy atom. The van der Waals surface area contributed by atoms with Crippen LogP contribution >= 0.6 is 0 Å². The van der Waals surface area contributed by atoms with Gasteiger partial charge in [0, 0.05) is 11.6 Å². The number of nitrogens with one attached hydrogen (secondary N) is 1. The molecule has 0 saturated heterocycles. The number of nitrogens with two attached hydrogens (primary N) is 1. The van der Waals surface area contributed by atoms with Crippen molar-refractivity contribution in [2.75, 3.05) is 0 Å². The molecule has 1 aliphatic carbocycles. The van der Waals surface area contributed by atoms with E-state index >= 15 is 0 Å². The molecule has 1 aromatic heterocycles. The van der Waals surface area contributed by atoms with Gasteiger partial charge >= 0.3 is 6.18 Å². The first-order valence-electron chi connectivity index (χ1n) is 4.86. The monoisotopic (exact) mass is 232 g/mol. The molecule has 1 aliphatic rings. The molecule has 0 radical (unpaired) electrons. The lowest BCUT2D eigenvalue weighted by Gasteiger charge is -2.04. The summed E-state index contributed by atoms with van der Waals surface area (Å²) in [7, 11) is 0. The van der Waals surface area contributed by atoms with Crippen molar-refractivity contribution >= 4 is 5.84 Å². The van der Waals surface area contributed by atoms with Crippen molar-refractivity contribution in [3.05, 3.63) is 17.5 Å². The number of hydrogen-bond acceptors (Lipinski definition) is 2. The minimum Gasteiger partial charge on any atom is -0.386 e. The summed E-state index contributed by atoms with van der Waals surface area (Å²) in [5.41, 5.74) is 4.80. The molecule has 0 amide bonds. The third-order valence-electron chi connectivity index (χ3n) is 2.42. The molecule has 16 heavy (non-hydrogen) atoms. The van der Waals surface area contributed by atoms with E-state index in [0.29, 0.717) is 5.69 Å². The summed E-state index contributed by atoms with van der Waals surface area (Å²) < 4.78 is 38.5. The van der Waals surface area contributed by atoms with E-state index in [4.69, 9.17) is 11.1 Å². The first kappa shape index (κ1) is 11.0. The Hall–Kier alpha value is -1.53. The van der Waals surface area contributed by atoms with Crippen LogP contribution in [0.15, 0.2) is 6.07 Å². The molecule has 0 aliphatic heterocycles. The maximum atomic E-state index is 12.4. The number of amidine groups is 1. The first-order chi connectivity index (χ1) is 7.38. The lowest BCUT2D eigenvalue weighted by molar-refractivity contribution is -0.141. The number of halogens is 3. The Labute approximate surface area is 89.7 Å². The molecular weight excluding hydrogens is 221 g/mol. The minimum absolute atomic E-state index is 0.0814. The maximum absolute atomic E-state index is 12.4. The van der Waals surface area contributed by atoms with E-state index in [-0.39, 0.29) is 18.3 Å². The van der Waals surface area contributed by atoms with Gasteiger partial charge < -0.3 is 5.73 Å². The van der Waals surface area contributed by atoms with Gasteiger partial charge in [0.15, 0.2) is 5.69 Å². The summed E-state index contributed by atoms with van der Waals surface area (Å²) >= 11 is 0. The standard InChI is InChI=1S/C9H11F3N4/c10-9(11,12)7-3-6(5-1-2-5)16(15-7)4-8(13)14/h3,5H,1-2,4H2,(H3,13,14). The first-order valence-corrected chi connectivity index (χ1v) is 4.86. The fraction of sp³-hybridized carbons (Fsp3) is 0.556. The van der Waals surface area contributed by atoms with Gasteiger partial charge in [-0.05, 0) is 18.9 Å². The van der Waals surface area contributed by atoms with E-state index in [9.17, 15) is 13.2 Å². The van der Waals surface area contributed by atoms with Crippen LogP contribution in [0.1, 0.15) is 30.1 Å². The van der Waals surface area contributed by atoms with Crippen LogP contribution in [-0.4, -0.2) is 15.6 Å². The fourth-order valence-electron chi connectivity index (χ4n) is 1.57. The molecule has 88 valence electrons. The van der Waals surface area contributed by atoms with Crippen molar-refractivity contribution < 1.29 is 13.2 Å². The number of hydrogen-bond donors (Lipinski definition) is 2. The number of nitrogens with zero attached hydrogens (tertiary/aromatic N) is 2. The second-order valence-electron chi connectivity index (χ2n) is 3.91. The highest BCUT2D eigenvalue weighted by atomic mass is 19.4. The minimum atomic E-state index is -4.44. The van der Waals surface area contributed by atoms with Crippen LogP contribution in [0.5, 0.6) is 0 Å². The summed E-state index contributed by atoms with van der Waals surface area (Å²) in [5, 5.41) is 10.5. The predicted molar refractivity (Wildman–Crippen MR) is 51.1 cm³/mol. The van der Waals surface area contributed by atoms with E-state index in [1.54, 1.807) is 0 Å². The Morgan fingerprint density at radius 2 is 2.19 bits per heavy atom. The SMILES string of the molecule is N=C(N)Cn1nc(C(F)(F)F)cc1C1CC1. The summed E-state index contributed by atoms with van der Waals surface area (Å²) in [6.45, 7) is -0.0814. The highest BCUT2D eigenvalue weighted by molar-refractivity contribution is 5.76. The van der Waals surface area contributed by atoms with Crippen LogP contribution in [0.4, 0.5) is 13.2 Å². The zero-order valence-electron chi connectivity index (χ0n) is 8.38. The molecule has 0 aromatic carbocycles. The molecule has 0 bridgehead atoms. The van der Waals surface area contributed by atoms with Gasteiger partial charge in [0.05, 0.1) is 6.54 Å². The van der Waals surface area contributed by atoms with Crippen molar-refractivity contribution in [3.63, 3.8) is 0 Å². The number of alkyl halides is 3. The van der Waals surface area contributed by atoms with Gasteiger partial charge in [0.25, 0.3) is 0 Å². The van der Waals surface area contributed by atoms with Gasteiger partial charge in [-0.25, -0.2) is 0 Å². The Bertz CT molecular complexity index is 417. The average Bonchev–Trinajstić information content (AvgIpc) is 2.86. The van der Waals surface area contributed by atoms with Crippen LogP contribution in [0, 0.1) is 5.41 Å². The molecule has 2 rings (SSSR count). The lowest BCUT2D eigenvalue weighted by Crippen LogP contribution is -2.20. The van der Waals surface area contributed by atoms with Crippen LogP contribution in [0.3, 0.4) is 0 Å². The highest BCUT2D eigenvalue weighted by Crippen LogP contribution is 2.41. The van der Waals surface area contributed by atoms with Crippen molar-refractivity contribution in [3.8, 4) is 0 Å². The van der Waals surface area contributed by atoms with E-state index in [0.717, 1.165) is 18.9 Å². The molecule has 0 spiro atoms. The normalized spacial score (nSPS) is 16.4. The second-order valence-corrected chi connectivity index (χ2v) is 3.91. The zero-order valence-corrected chi connectivity index (χ0v) is 8.38. The molecule has 0 atom stereocenters. The highest BCUT2D eigenvalue weighted by Gasteiger charge is 2.37. The third-order valence-corrected chi connectivity index (χ3v) is 2.42. The quantitative estimate of drug-likeness (QED) is 0.615. The topological polar surface area (TPSA) is 67.7 Å². The third kappa shape index (κ3) is 2.17. The second kappa shape index (κ2) is 3.50. The van der Waals surface area contributed by atoms with Crippen LogP contribution in [0.2, 0.25) is 0 Å². The molecule has 1 saturated carbocycles. The summed E-state index contributed by atoms with van der Waals surface area (Å²) in [6, 6.07) is 1.06. The fourth-order valence-corrected chi connectivity index (χ4v) is 1.57. The molecule has 1 heterocycles. The predicted octanol–water partition coefficient (Wildman–Crippen LogP) is 1.72. The number of rotatable bonds is 3. The Kier molecular flexibility index (Phi) is 2.40. The van der Waals surface area contributed by atoms with Crippen LogP contribution in [-0.2, 0) is 12.7 Å².